The number of likely N-dealkylation sites (N-methyl/N-ethyl adjacent to an activating group) is 1. The van der Waals surface area contributed by atoms with E-state index in [-0.39, 0.29) is 30.0 Å². The highest BCUT2D eigenvalue weighted by Crippen LogP contribution is 2.16. The normalized spacial score (nSPS) is 22.6. The summed E-state index contributed by atoms with van der Waals surface area (Å²) in [5.74, 6) is 0.197. The summed E-state index contributed by atoms with van der Waals surface area (Å²) in [6.07, 6.45) is 0.544. The van der Waals surface area contributed by atoms with Crippen LogP contribution in [0.5, 0.6) is 0 Å². The van der Waals surface area contributed by atoms with Gasteiger partial charge < -0.3 is 15.0 Å². The Morgan fingerprint density at radius 2 is 2.24 bits per heavy atom. The molecule has 0 saturated carbocycles. The molecule has 7 heteroatoms. The monoisotopic (exact) mass is 264 g/mol. The van der Waals surface area contributed by atoms with Gasteiger partial charge in [-0.3, -0.25) is 4.79 Å². The summed E-state index contributed by atoms with van der Waals surface area (Å²) in [6, 6.07) is -0.170. The molecule has 0 bridgehead atoms. The number of hydrogen-bond acceptors (Lipinski definition) is 5. The zero-order valence-corrected chi connectivity index (χ0v) is 11.1. The molecular formula is C10H20N2O4S. The minimum Gasteiger partial charge on any atom is -0.383 e. The predicted octanol–water partition coefficient (Wildman–Crippen LogP) is -1.13. The fraction of sp³-hybridized carbons (Fsp3) is 0.900. The summed E-state index contributed by atoms with van der Waals surface area (Å²) in [6.45, 7) is 1.38. The third-order valence-corrected chi connectivity index (χ3v) is 4.66. The Bertz CT molecular complexity index is 355. The minimum atomic E-state index is -2.94. The van der Waals surface area contributed by atoms with Crippen LogP contribution in [0, 0.1) is 0 Å². The number of nitrogens with one attached hydrogen (secondary N) is 1. The van der Waals surface area contributed by atoms with E-state index in [2.05, 4.69) is 5.32 Å². The lowest BCUT2D eigenvalue weighted by molar-refractivity contribution is -0.130. The van der Waals surface area contributed by atoms with Crippen molar-refractivity contribution >= 4 is 15.7 Å². The summed E-state index contributed by atoms with van der Waals surface area (Å²) in [5.41, 5.74) is 0. The molecule has 1 fully saturated rings. The van der Waals surface area contributed by atoms with Gasteiger partial charge in [-0.2, -0.15) is 0 Å². The lowest BCUT2D eigenvalue weighted by Gasteiger charge is -2.23. The Labute approximate surface area is 102 Å². The van der Waals surface area contributed by atoms with E-state index in [1.807, 2.05) is 0 Å². The topological polar surface area (TPSA) is 75.7 Å². The van der Waals surface area contributed by atoms with Gasteiger partial charge >= 0.3 is 0 Å². The van der Waals surface area contributed by atoms with E-state index in [0.29, 0.717) is 19.6 Å². The van der Waals surface area contributed by atoms with Gasteiger partial charge in [0.25, 0.3) is 0 Å². The molecule has 17 heavy (non-hydrogen) atoms. The number of amides is 1. The van der Waals surface area contributed by atoms with E-state index < -0.39 is 9.84 Å². The third-order valence-electron chi connectivity index (χ3n) is 2.91. The molecule has 0 aromatic carbocycles. The Balaban J connectivity index is 2.32. The van der Waals surface area contributed by atoms with Crippen LogP contribution >= 0.6 is 0 Å². The maximum atomic E-state index is 11.7. The highest BCUT2D eigenvalue weighted by Gasteiger charge is 2.32. The largest absolute Gasteiger partial charge is 0.383 e. The lowest BCUT2D eigenvalue weighted by Crippen LogP contribution is -2.43. The van der Waals surface area contributed by atoms with Gasteiger partial charge in [0.1, 0.15) is 0 Å². The van der Waals surface area contributed by atoms with Gasteiger partial charge in [0.05, 0.1) is 24.7 Å². The Hall–Kier alpha value is -0.660. The maximum Gasteiger partial charge on any atom is 0.236 e. The molecule has 1 atom stereocenters. The molecule has 1 saturated heterocycles. The fourth-order valence-corrected chi connectivity index (χ4v) is 3.55. The van der Waals surface area contributed by atoms with Crippen molar-refractivity contribution in [3.05, 3.63) is 0 Å². The van der Waals surface area contributed by atoms with Crippen LogP contribution in [-0.2, 0) is 19.4 Å². The average molecular weight is 264 g/mol. The molecule has 0 aromatic heterocycles. The molecular weight excluding hydrogens is 244 g/mol. The first-order chi connectivity index (χ1) is 7.96. The fourth-order valence-electron chi connectivity index (χ4n) is 1.78. The number of rotatable bonds is 6. The molecule has 1 N–H and O–H groups in total. The molecule has 0 aliphatic carbocycles. The summed E-state index contributed by atoms with van der Waals surface area (Å²) >= 11 is 0. The number of carbonyl (C=O) groups is 1. The summed E-state index contributed by atoms with van der Waals surface area (Å²) < 4.78 is 27.4. The van der Waals surface area contributed by atoms with Gasteiger partial charge in [0, 0.05) is 26.7 Å². The molecule has 100 valence electrons. The van der Waals surface area contributed by atoms with E-state index in [4.69, 9.17) is 4.74 Å². The van der Waals surface area contributed by atoms with Crippen LogP contribution in [0.2, 0.25) is 0 Å². The molecule has 0 aromatic rings. The molecule has 1 aliphatic heterocycles. The molecule has 1 aliphatic rings. The number of nitrogens with zero attached hydrogens (tertiary/aromatic N) is 1. The Kier molecular flexibility index (Phi) is 5.35. The summed E-state index contributed by atoms with van der Waals surface area (Å²) in [4.78, 5) is 13.3. The molecule has 0 spiro atoms. The second-order valence-electron chi connectivity index (χ2n) is 4.23. The summed E-state index contributed by atoms with van der Waals surface area (Å²) in [5, 5.41) is 2.95. The van der Waals surface area contributed by atoms with E-state index in [9.17, 15) is 13.2 Å². The van der Waals surface area contributed by atoms with Crippen molar-refractivity contribution in [3.63, 3.8) is 0 Å². The first-order valence-electron chi connectivity index (χ1n) is 5.62. The van der Waals surface area contributed by atoms with Crippen LogP contribution in [0.1, 0.15) is 6.42 Å². The van der Waals surface area contributed by atoms with Gasteiger partial charge in [-0.15, -0.1) is 0 Å². The second-order valence-corrected chi connectivity index (χ2v) is 6.46. The minimum absolute atomic E-state index is 0.0804. The number of methoxy groups -OCH3 is 1. The predicted molar refractivity (Wildman–Crippen MR) is 64.6 cm³/mol. The SMILES string of the molecule is COCCNCC(=O)N(C)C1CCS(=O)(=O)C1. The van der Waals surface area contributed by atoms with Crippen molar-refractivity contribution in [2.75, 3.05) is 45.4 Å². The van der Waals surface area contributed by atoms with Crippen LogP contribution < -0.4 is 5.32 Å². The van der Waals surface area contributed by atoms with Gasteiger partial charge in [-0.25, -0.2) is 8.42 Å². The number of ether oxygens (including phenoxy) is 1. The third kappa shape index (κ3) is 4.61. The van der Waals surface area contributed by atoms with Gasteiger partial charge in [-0.1, -0.05) is 0 Å². The average Bonchev–Trinajstić information content (AvgIpc) is 2.64. The molecule has 1 heterocycles. The van der Waals surface area contributed by atoms with Gasteiger partial charge in [0.15, 0.2) is 9.84 Å². The van der Waals surface area contributed by atoms with Crippen LogP contribution in [-0.4, -0.2) is 70.6 Å². The molecule has 1 amide bonds. The van der Waals surface area contributed by atoms with Gasteiger partial charge in [-0.05, 0) is 6.42 Å². The standard InChI is InChI=1S/C10H20N2O4S/c1-12(9-3-6-17(14,15)8-9)10(13)7-11-4-5-16-2/h9,11H,3-8H2,1-2H3. The highest BCUT2D eigenvalue weighted by molar-refractivity contribution is 7.91. The van der Waals surface area contributed by atoms with E-state index in [1.165, 1.54) is 4.90 Å². The van der Waals surface area contributed by atoms with E-state index >= 15 is 0 Å². The van der Waals surface area contributed by atoms with Crippen LogP contribution in [0.25, 0.3) is 0 Å². The number of sulfone groups is 1. The zero-order valence-electron chi connectivity index (χ0n) is 10.3. The number of carbonyl (C=O) groups excluding carboxylic acids is 1. The van der Waals surface area contributed by atoms with E-state index in [1.54, 1.807) is 14.2 Å². The maximum absolute atomic E-state index is 11.7. The smallest absolute Gasteiger partial charge is 0.236 e. The van der Waals surface area contributed by atoms with Crippen molar-refractivity contribution in [1.29, 1.82) is 0 Å². The molecule has 0 radical (unpaired) electrons. The van der Waals surface area contributed by atoms with Crippen molar-refractivity contribution in [1.82, 2.24) is 10.2 Å². The quantitative estimate of drug-likeness (QED) is 0.614. The molecule has 1 unspecified atom stereocenters. The first kappa shape index (κ1) is 14.4. The highest BCUT2D eigenvalue weighted by atomic mass is 32.2. The summed E-state index contributed by atoms with van der Waals surface area (Å²) in [7, 11) is 0.317. The van der Waals surface area contributed by atoms with Crippen molar-refractivity contribution in [3.8, 4) is 0 Å². The molecule has 1 rings (SSSR count). The van der Waals surface area contributed by atoms with Crippen molar-refractivity contribution < 1.29 is 17.9 Å². The molecule has 6 nitrogen and oxygen atoms in total. The van der Waals surface area contributed by atoms with Crippen LogP contribution in [0.3, 0.4) is 0 Å². The van der Waals surface area contributed by atoms with Crippen LogP contribution in [0.4, 0.5) is 0 Å². The second kappa shape index (κ2) is 6.32. The van der Waals surface area contributed by atoms with Crippen LogP contribution in [0.15, 0.2) is 0 Å². The lowest BCUT2D eigenvalue weighted by atomic mass is 10.2. The Morgan fingerprint density at radius 3 is 2.76 bits per heavy atom. The van der Waals surface area contributed by atoms with Crippen molar-refractivity contribution in [2.24, 2.45) is 0 Å². The first-order valence-corrected chi connectivity index (χ1v) is 7.44. The van der Waals surface area contributed by atoms with E-state index in [0.717, 1.165) is 0 Å². The zero-order chi connectivity index (χ0) is 12.9. The van der Waals surface area contributed by atoms with Crippen molar-refractivity contribution in [2.45, 2.75) is 12.5 Å². The van der Waals surface area contributed by atoms with Gasteiger partial charge in [0.2, 0.25) is 5.91 Å². The number of hydrogen-bond donors (Lipinski definition) is 1. The Morgan fingerprint density at radius 1 is 1.53 bits per heavy atom.